The predicted molar refractivity (Wildman–Crippen MR) is 67.9 cm³/mol. The zero-order valence-corrected chi connectivity index (χ0v) is 11.3. The van der Waals surface area contributed by atoms with Crippen molar-refractivity contribution in [2.24, 2.45) is 5.73 Å². The number of rotatable bonds is 5. The molecule has 0 spiro atoms. The molecule has 0 aliphatic heterocycles. The summed E-state index contributed by atoms with van der Waals surface area (Å²) in [6, 6.07) is -0.394. The topological polar surface area (TPSA) is 81.2 Å². The Morgan fingerprint density at radius 2 is 2.06 bits per heavy atom. The van der Waals surface area contributed by atoms with Crippen LogP contribution in [0, 0.1) is 0 Å². The summed E-state index contributed by atoms with van der Waals surface area (Å²) in [5, 5.41) is 0. The molecule has 1 rings (SSSR count). The molecule has 1 aromatic rings. The summed E-state index contributed by atoms with van der Waals surface area (Å²) in [5.74, 6) is 0.404. The lowest BCUT2D eigenvalue weighted by Crippen LogP contribution is -2.39. The maximum Gasteiger partial charge on any atom is 0.245 e. The molecule has 18 heavy (non-hydrogen) atoms. The number of hydrogen-bond donors (Lipinski definition) is 1. The molecule has 0 saturated carbocycles. The number of primary amides is 1. The van der Waals surface area contributed by atoms with Crippen LogP contribution in [0.5, 0.6) is 0 Å². The number of carbonyl (C=O) groups excluding carboxylic acids is 2. The fourth-order valence-corrected chi connectivity index (χ4v) is 1.85. The molecule has 1 unspecified atom stereocenters. The molecule has 0 aliphatic carbocycles. The van der Waals surface area contributed by atoms with Gasteiger partial charge in [-0.05, 0) is 6.92 Å². The lowest BCUT2D eigenvalue weighted by molar-refractivity contribution is -0.136. The van der Waals surface area contributed by atoms with Crippen LogP contribution in [-0.2, 0) is 9.59 Å². The molecule has 0 aromatic carbocycles. The first kappa shape index (κ1) is 14.2. The lowest BCUT2D eigenvalue weighted by Gasteiger charge is -2.23. The van der Waals surface area contributed by atoms with Gasteiger partial charge in [0.15, 0.2) is 0 Å². The van der Waals surface area contributed by atoms with E-state index in [1.54, 1.807) is 26.4 Å². The molecule has 6 nitrogen and oxygen atoms in total. The second kappa shape index (κ2) is 5.66. The van der Waals surface area contributed by atoms with Gasteiger partial charge in [0.05, 0.1) is 6.54 Å². The van der Waals surface area contributed by atoms with Crippen molar-refractivity contribution in [2.75, 3.05) is 13.6 Å². The van der Waals surface area contributed by atoms with Crippen LogP contribution in [0.1, 0.15) is 38.6 Å². The number of nitrogens with two attached hydrogens (primary N) is 1. The van der Waals surface area contributed by atoms with Crippen molar-refractivity contribution in [3.8, 4) is 0 Å². The van der Waals surface area contributed by atoms with E-state index in [-0.39, 0.29) is 18.4 Å². The molecule has 0 fully saturated rings. The summed E-state index contributed by atoms with van der Waals surface area (Å²) >= 11 is 0. The standard InChI is InChI=1S/C12H20N4O2/c1-8(2)11-14-5-6-16(11)9(3)12(18)15(4)7-10(13)17/h5-6,8-9H,7H2,1-4H3,(H2,13,17). The third-order valence-corrected chi connectivity index (χ3v) is 2.76. The number of imidazole rings is 1. The Kier molecular flexibility index (Phi) is 4.47. The first-order chi connectivity index (χ1) is 8.34. The second-order valence-corrected chi connectivity index (χ2v) is 4.68. The maximum absolute atomic E-state index is 12.1. The van der Waals surface area contributed by atoms with Crippen LogP contribution < -0.4 is 5.73 Å². The van der Waals surface area contributed by atoms with Gasteiger partial charge in [0.1, 0.15) is 11.9 Å². The van der Waals surface area contributed by atoms with Crippen molar-refractivity contribution in [3.05, 3.63) is 18.2 Å². The van der Waals surface area contributed by atoms with Crippen LogP contribution in [0.25, 0.3) is 0 Å². The molecule has 1 aromatic heterocycles. The molecule has 1 heterocycles. The maximum atomic E-state index is 12.1. The Hall–Kier alpha value is -1.85. The van der Waals surface area contributed by atoms with Gasteiger partial charge in [-0.3, -0.25) is 9.59 Å². The van der Waals surface area contributed by atoms with Gasteiger partial charge in [0.25, 0.3) is 0 Å². The zero-order valence-electron chi connectivity index (χ0n) is 11.3. The Morgan fingerprint density at radius 3 is 2.56 bits per heavy atom. The van der Waals surface area contributed by atoms with Gasteiger partial charge in [0, 0.05) is 25.4 Å². The highest BCUT2D eigenvalue weighted by Gasteiger charge is 2.22. The molecule has 0 aliphatic rings. The van der Waals surface area contributed by atoms with Gasteiger partial charge in [-0.1, -0.05) is 13.8 Å². The largest absolute Gasteiger partial charge is 0.368 e. The Labute approximate surface area is 107 Å². The van der Waals surface area contributed by atoms with E-state index in [4.69, 9.17) is 5.73 Å². The van der Waals surface area contributed by atoms with Gasteiger partial charge in [-0.25, -0.2) is 4.98 Å². The minimum atomic E-state index is -0.521. The van der Waals surface area contributed by atoms with Crippen molar-refractivity contribution in [1.29, 1.82) is 0 Å². The molecular weight excluding hydrogens is 232 g/mol. The smallest absolute Gasteiger partial charge is 0.245 e. The first-order valence-electron chi connectivity index (χ1n) is 5.90. The molecule has 2 amide bonds. The Bertz CT molecular complexity index is 439. The van der Waals surface area contributed by atoms with Gasteiger partial charge in [-0.15, -0.1) is 0 Å². The minimum Gasteiger partial charge on any atom is -0.368 e. The van der Waals surface area contributed by atoms with Crippen LogP contribution in [0.4, 0.5) is 0 Å². The van der Waals surface area contributed by atoms with Gasteiger partial charge >= 0.3 is 0 Å². The zero-order chi connectivity index (χ0) is 13.9. The summed E-state index contributed by atoms with van der Waals surface area (Å²) < 4.78 is 1.82. The molecule has 2 N–H and O–H groups in total. The van der Waals surface area contributed by atoms with Crippen LogP contribution in [0.3, 0.4) is 0 Å². The number of likely N-dealkylation sites (N-methyl/N-ethyl adjacent to an activating group) is 1. The second-order valence-electron chi connectivity index (χ2n) is 4.68. The van der Waals surface area contributed by atoms with Gasteiger partial charge < -0.3 is 15.2 Å². The molecule has 0 saturated heterocycles. The average Bonchev–Trinajstić information content (AvgIpc) is 2.74. The monoisotopic (exact) mass is 252 g/mol. The molecule has 0 bridgehead atoms. The van der Waals surface area contributed by atoms with Gasteiger partial charge in [-0.2, -0.15) is 0 Å². The van der Waals surface area contributed by atoms with Crippen molar-refractivity contribution < 1.29 is 9.59 Å². The number of nitrogens with zero attached hydrogens (tertiary/aromatic N) is 3. The first-order valence-corrected chi connectivity index (χ1v) is 5.90. The van der Waals surface area contributed by atoms with E-state index in [1.165, 1.54) is 4.90 Å². The summed E-state index contributed by atoms with van der Waals surface area (Å²) in [6.07, 6.45) is 3.45. The summed E-state index contributed by atoms with van der Waals surface area (Å²) in [6.45, 7) is 5.74. The minimum absolute atomic E-state index is 0.0745. The van der Waals surface area contributed by atoms with E-state index in [2.05, 4.69) is 4.98 Å². The summed E-state index contributed by atoms with van der Waals surface area (Å²) in [7, 11) is 1.57. The van der Waals surface area contributed by atoms with Crippen molar-refractivity contribution in [3.63, 3.8) is 0 Å². The normalized spacial score (nSPS) is 12.5. The Morgan fingerprint density at radius 1 is 1.44 bits per heavy atom. The van der Waals surface area contributed by atoms with Gasteiger partial charge in [0.2, 0.25) is 11.8 Å². The quantitative estimate of drug-likeness (QED) is 0.829. The van der Waals surface area contributed by atoms with Crippen molar-refractivity contribution >= 4 is 11.8 Å². The fourth-order valence-electron chi connectivity index (χ4n) is 1.85. The van der Waals surface area contributed by atoms with E-state index in [9.17, 15) is 9.59 Å². The van der Waals surface area contributed by atoms with E-state index in [0.717, 1.165) is 5.82 Å². The van der Waals surface area contributed by atoms with E-state index < -0.39 is 11.9 Å². The average molecular weight is 252 g/mol. The number of amides is 2. The summed E-state index contributed by atoms with van der Waals surface area (Å²) in [5.41, 5.74) is 5.08. The molecule has 0 radical (unpaired) electrons. The number of carbonyl (C=O) groups is 2. The van der Waals surface area contributed by atoms with Crippen LogP contribution in [-0.4, -0.2) is 39.9 Å². The highest BCUT2D eigenvalue weighted by atomic mass is 16.2. The number of hydrogen-bond acceptors (Lipinski definition) is 3. The highest BCUT2D eigenvalue weighted by molar-refractivity contribution is 5.85. The molecule has 100 valence electrons. The van der Waals surface area contributed by atoms with E-state index >= 15 is 0 Å². The third-order valence-electron chi connectivity index (χ3n) is 2.76. The molecule has 1 atom stereocenters. The van der Waals surface area contributed by atoms with E-state index in [0.29, 0.717) is 0 Å². The van der Waals surface area contributed by atoms with Crippen LogP contribution in [0.2, 0.25) is 0 Å². The lowest BCUT2D eigenvalue weighted by atomic mass is 10.2. The third kappa shape index (κ3) is 3.09. The fraction of sp³-hybridized carbons (Fsp3) is 0.583. The van der Waals surface area contributed by atoms with Crippen molar-refractivity contribution in [2.45, 2.75) is 32.7 Å². The SMILES string of the molecule is CC(C)c1nccn1C(C)C(=O)N(C)CC(N)=O. The summed E-state index contributed by atoms with van der Waals surface area (Å²) in [4.78, 5) is 28.5. The number of aromatic nitrogens is 2. The predicted octanol–water partition coefficient (Wildman–Crippen LogP) is 0.511. The molecule has 6 heteroatoms. The van der Waals surface area contributed by atoms with Crippen LogP contribution >= 0.6 is 0 Å². The highest BCUT2D eigenvalue weighted by Crippen LogP contribution is 2.18. The molecular formula is C12H20N4O2. The Balaban J connectivity index is 2.86. The van der Waals surface area contributed by atoms with Crippen molar-refractivity contribution in [1.82, 2.24) is 14.5 Å². The van der Waals surface area contributed by atoms with Crippen LogP contribution in [0.15, 0.2) is 12.4 Å². The van der Waals surface area contributed by atoms with E-state index in [1.807, 2.05) is 18.4 Å².